The maximum absolute atomic E-state index is 11.9. The van der Waals surface area contributed by atoms with Crippen LogP contribution in [0.1, 0.15) is 23.3 Å². The van der Waals surface area contributed by atoms with Crippen LogP contribution in [0.5, 0.6) is 11.6 Å². The predicted octanol–water partition coefficient (Wildman–Crippen LogP) is 2.81. The first kappa shape index (κ1) is 12.9. The third-order valence-electron chi connectivity index (χ3n) is 2.79. The molecule has 20 heavy (non-hydrogen) atoms. The number of rotatable bonds is 4. The zero-order chi connectivity index (χ0) is 13.9. The van der Waals surface area contributed by atoms with Crippen molar-refractivity contribution in [3.63, 3.8) is 0 Å². The minimum Gasteiger partial charge on any atom is -0.439 e. The monoisotopic (exact) mass is 289 g/mol. The number of amides is 1. The second-order valence-electron chi connectivity index (χ2n) is 4.53. The second kappa shape index (κ2) is 5.46. The Hall–Kier alpha value is -2.14. The molecule has 0 aliphatic heterocycles. The fraction of sp³-hybridized carbons (Fsp3) is 0.214. The largest absolute Gasteiger partial charge is 0.439 e. The summed E-state index contributed by atoms with van der Waals surface area (Å²) in [5, 5.41) is 3.22. The van der Waals surface area contributed by atoms with E-state index in [1.54, 1.807) is 36.5 Å². The number of aromatic nitrogens is 2. The van der Waals surface area contributed by atoms with E-state index in [1.165, 1.54) is 0 Å². The first-order chi connectivity index (χ1) is 9.70. The summed E-state index contributed by atoms with van der Waals surface area (Å²) in [6.45, 7) is 0. The van der Waals surface area contributed by atoms with E-state index in [1.807, 2.05) is 0 Å². The highest BCUT2D eigenvalue weighted by atomic mass is 35.5. The van der Waals surface area contributed by atoms with Gasteiger partial charge in [-0.2, -0.15) is 0 Å². The summed E-state index contributed by atoms with van der Waals surface area (Å²) in [4.78, 5) is 19.9. The minimum absolute atomic E-state index is 0.175. The Kier molecular flexibility index (Phi) is 3.52. The number of nitrogens with zero attached hydrogens (tertiary/aromatic N) is 2. The molecule has 0 aromatic carbocycles. The minimum atomic E-state index is -0.175. The summed E-state index contributed by atoms with van der Waals surface area (Å²) in [7, 11) is 0. The van der Waals surface area contributed by atoms with Gasteiger partial charge < -0.3 is 10.1 Å². The predicted molar refractivity (Wildman–Crippen MR) is 74.0 cm³/mol. The lowest BCUT2D eigenvalue weighted by Gasteiger charge is -2.07. The van der Waals surface area contributed by atoms with E-state index in [-0.39, 0.29) is 5.91 Å². The molecular formula is C14H12ClN3O2. The first-order valence-electron chi connectivity index (χ1n) is 6.28. The van der Waals surface area contributed by atoms with Crippen LogP contribution in [0.25, 0.3) is 0 Å². The summed E-state index contributed by atoms with van der Waals surface area (Å²) >= 11 is 5.78. The van der Waals surface area contributed by atoms with Crippen molar-refractivity contribution in [3.8, 4) is 11.6 Å². The summed E-state index contributed by atoms with van der Waals surface area (Å²) in [5.41, 5.74) is 0.342. The molecule has 0 radical (unpaired) electrons. The van der Waals surface area contributed by atoms with Crippen molar-refractivity contribution >= 4 is 17.5 Å². The van der Waals surface area contributed by atoms with Gasteiger partial charge in [0.2, 0.25) is 5.88 Å². The van der Waals surface area contributed by atoms with E-state index in [0.717, 1.165) is 12.8 Å². The Labute approximate surface area is 121 Å². The number of ether oxygens (including phenoxy) is 1. The molecule has 1 N–H and O–H groups in total. The number of hydrogen-bond donors (Lipinski definition) is 1. The molecule has 1 amide bonds. The SMILES string of the molecule is O=C(NC1CC1)c1cccc(Oc2ccnc(Cl)c2)n1. The highest BCUT2D eigenvalue weighted by molar-refractivity contribution is 6.29. The van der Waals surface area contributed by atoms with E-state index in [0.29, 0.717) is 28.5 Å². The number of hydrogen-bond acceptors (Lipinski definition) is 4. The molecule has 1 aliphatic carbocycles. The summed E-state index contributed by atoms with van der Waals surface area (Å²) in [5.74, 6) is 0.693. The van der Waals surface area contributed by atoms with Crippen molar-refractivity contribution in [1.29, 1.82) is 0 Å². The molecule has 2 aromatic rings. The molecule has 0 saturated heterocycles. The number of nitrogens with one attached hydrogen (secondary N) is 1. The van der Waals surface area contributed by atoms with Crippen LogP contribution in [0.4, 0.5) is 0 Å². The molecule has 1 fully saturated rings. The van der Waals surface area contributed by atoms with Crippen LogP contribution in [0, 0.1) is 0 Å². The number of pyridine rings is 2. The molecule has 2 heterocycles. The van der Waals surface area contributed by atoms with Crippen molar-refractivity contribution in [1.82, 2.24) is 15.3 Å². The topological polar surface area (TPSA) is 64.1 Å². The van der Waals surface area contributed by atoms with E-state index in [4.69, 9.17) is 16.3 Å². The molecule has 0 atom stereocenters. The average Bonchev–Trinajstić information content (AvgIpc) is 3.23. The van der Waals surface area contributed by atoms with Gasteiger partial charge in [0.25, 0.3) is 5.91 Å². The van der Waals surface area contributed by atoms with Gasteiger partial charge in [-0.3, -0.25) is 4.79 Å². The van der Waals surface area contributed by atoms with E-state index < -0.39 is 0 Å². The number of carbonyl (C=O) groups is 1. The molecule has 6 heteroatoms. The number of carbonyl (C=O) groups excluding carboxylic acids is 1. The van der Waals surface area contributed by atoms with Crippen molar-refractivity contribution in [3.05, 3.63) is 47.4 Å². The third-order valence-corrected chi connectivity index (χ3v) is 3.00. The van der Waals surface area contributed by atoms with Crippen molar-refractivity contribution in [2.45, 2.75) is 18.9 Å². The van der Waals surface area contributed by atoms with Crippen molar-refractivity contribution in [2.75, 3.05) is 0 Å². The van der Waals surface area contributed by atoms with Crippen LogP contribution in [0.15, 0.2) is 36.5 Å². The zero-order valence-electron chi connectivity index (χ0n) is 10.5. The van der Waals surface area contributed by atoms with Crippen LogP contribution in [0.2, 0.25) is 5.15 Å². The Morgan fingerprint density at radius 1 is 1.35 bits per heavy atom. The van der Waals surface area contributed by atoms with Gasteiger partial charge in [-0.05, 0) is 25.0 Å². The second-order valence-corrected chi connectivity index (χ2v) is 4.91. The third kappa shape index (κ3) is 3.24. The highest BCUT2D eigenvalue weighted by Gasteiger charge is 2.24. The molecule has 0 spiro atoms. The quantitative estimate of drug-likeness (QED) is 0.879. The van der Waals surface area contributed by atoms with Crippen LogP contribution < -0.4 is 10.1 Å². The van der Waals surface area contributed by atoms with E-state index >= 15 is 0 Å². The Morgan fingerprint density at radius 3 is 2.95 bits per heavy atom. The molecular weight excluding hydrogens is 278 g/mol. The molecule has 1 aliphatic rings. The lowest BCUT2D eigenvalue weighted by molar-refractivity contribution is 0.0945. The first-order valence-corrected chi connectivity index (χ1v) is 6.66. The lowest BCUT2D eigenvalue weighted by Crippen LogP contribution is -2.26. The van der Waals surface area contributed by atoms with Gasteiger partial charge in [0.05, 0.1) is 0 Å². The average molecular weight is 290 g/mol. The number of halogens is 1. The van der Waals surface area contributed by atoms with Crippen molar-refractivity contribution in [2.24, 2.45) is 0 Å². The zero-order valence-corrected chi connectivity index (χ0v) is 11.3. The van der Waals surface area contributed by atoms with Gasteiger partial charge >= 0.3 is 0 Å². The van der Waals surface area contributed by atoms with E-state index in [9.17, 15) is 4.79 Å². The maximum Gasteiger partial charge on any atom is 0.270 e. The fourth-order valence-electron chi connectivity index (χ4n) is 1.65. The molecule has 2 aromatic heterocycles. The van der Waals surface area contributed by atoms with Crippen LogP contribution >= 0.6 is 11.6 Å². The van der Waals surface area contributed by atoms with Gasteiger partial charge in [-0.15, -0.1) is 0 Å². The Bertz CT molecular complexity index is 644. The fourth-order valence-corrected chi connectivity index (χ4v) is 1.82. The smallest absolute Gasteiger partial charge is 0.270 e. The normalized spacial score (nSPS) is 13.8. The molecule has 102 valence electrons. The standard InChI is InChI=1S/C14H12ClN3O2/c15-12-8-10(6-7-16-12)20-13-3-1-2-11(18-13)14(19)17-9-4-5-9/h1-3,6-9H,4-5H2,(H,17,19). The molecule has 5 nitrogen and oxygen atoms in total. The van der Waals surface area contributed by atoms with Gasteiger partial charge in [0, 0.05) is 24.4 Å². The summed E-state index contributed by atoms with van der Waals surface area (Å²) < 4.78 is 5.56. The van der Waals surface area contributed by atoms with Crippen LogP contribution in [-0.4, -0.2) is 21.9 Å². The summed E-state index contributed by atoms with van der Waals surface area (Å²) in [6, 6.07) is 8.62. The Morgan fingerprint density at radius 2 is 2.20 bits per heavy atom. The van der Waals surface area contributed by atoms with Crippen LogP contribution in [-0.2, 0) is 0 Å². The molecule has 0 bridgehead atoms. The molecule has 3 rings (SSSR count). The lowest BCUT2D eigenvalue weighted by atomic mass is 10.3. The van der Waals surface area contributed by atoms with Gasteiger partial charge in [0.1, 0.15) is 16.6 Å². The summed E-state index contributed by atoms with van der Waals surface area (Å²) in [6.07, 6.45) is 3.62. The Balaban J connectivity index is 1.75. The van der Waals surface area contributed by atoms with Gasteiger partial charge in [-0.1, -0.05) is 17.7 Å². The van der Waals surface area contributed by atoms with E-state index in [2.05, 4.69) is 15.3 Å². The molecule has 0 unspecified atom stereocenters. The highest BCUT2D eigenvalue weighted by Crippen LogP contribution is 2.22. The maximum atomic E-state index is 11.9. The molecule has 1 saturated carbocycles. The van der Waals surface area contributed by atoms with Crippen LogP contribution in [0.3, 0.4) is 0 Å². The van der Waals surface area contributed by atoms with Gasteiger partial charge in [0.15, 0.2) is 0 Å². The van der Waals surface area contributed by atoms with Gasteiger partial charge in [-0.25, -0.2) is 9.97 Å². The van der Waals surface area contributed by atoms with Crippen molar-refractivity contribution < 1.29 is 9.53 Å².